The summed E-state index contributed by atoms with van der Waals surface area (Å²) in [6, 6.07) is -1.43. The summed E-state index contributed by atoms with van der Waals surface area (Å²) < 4.78 is 20.3. The van der Waals surface area contributed by atoms with Crippen molar-refractivity contribution in [3.63, 3.8) is 0 Å². The van der Waals surface area contributed by atoms with Crippen LogP contribution in [0.5, 0.6) is 5.75 Å². The van der Waals surface area contributed by atoms with E-state index in [4.69, 9.17) is 4.74 Å². The minimum Gasteiger partial charge on any atom is -0.501 e. The number of halogens is 1. The molecule has 1 aliphatic carbocycles. The van der Waals surface area contributed by atoms with Gasteiger partial charge in [-0.05, 0) is 38.0 Å². The Bertz CT molecular complexity index is 1020. The Morgan fingerprint density at radius 1 is 1.14 bits per heavy atom. The van der Waals surface area contributed by atoms with Crippen molar-refractivity contribution in [2.45, 2.75) is 57.3 Å². The molecule has 0 spiro atoms. The zero-order valence-electron chi connectivity index (χ0n) is 20.6. The van der Waals surface area contributed by atoms with Gasteiger partial charge in [0, 0.05) is 27.7 Å². The first-order valence-electron chi connectivity index (χ1n) is 11.9. The standard InChI is InChI=1S/C23H34FN5O6/c1-5-15-11-35-12-16(28(4)23(34)22(33)27(2)3)19-26-17(18(30)21(32)29(15)19)20(31)25-10-13-6-8-14(24)9-7-13/h13-16,30H,5-12H2,1-4H3,(H,25,31). The molecule has 1 aromatic heterocycles. The van der Waals surface area contributed by atoms with Crippen molar-refractivity contribution in [2.24, 2.45) is 5.92 Å². The number of likely N-dealkylation sites (N-methyl/N-ethyl adjacent to an activating group) is 2. The van der Waals surface area contributed by atoms with Gasteiger partial charge in [-0.3, -0.25) is 23.7 Å². The number of aromatic nitrogens is 2. The number of carbonyl (C=O) groups excluding carboxylic acids is 3. The Kier molecular flexibility index (Phi) is 8.47. The van der Waals surface area contributed by atoms with Crippen LogP contribution in [0.4, 0.5) is 4.39 Å². The molecule has 3 amide bonds. The highest BCUT2D eigenvalue weighted by Gasteiger charge is 2.36. The number of nitrogens with one attached hydrogen (secondary N) is 1. The monoisotopic (exact) mass is 495 g/mol. The van der Waals surface area contributed by atoms with Crippen molar-refractivity contribution in [1.29, 1.82) is 0 Å². The lowest BCUT2D eigenvalue weighted by Gasteiger charge is -2.28. The van der Waals surface area contributed by atoms with Crippen LogP contribution in [0.3, 0.4) is 0 Å². The van der Waals surface area contributed by atoms with E-state index in [1.807, 2.05) is 6.92 Å². The maximum Gasteiger partial charge on any atom is 0.312 e. The number of hydrogen-bond acceptors (Lipinski definition) is 7. The number of alkyl halides is 1. The highest BCUT2D eigenvalue weighted by atomic mass is 19.1. The van der Waals surface area contributed by atoms with Crippen LogP contribution in [0.1, 0.15) is 67.4 Å². The molecule has 0 bridgehead atoms. The molecule has 2 unspecified atom stereocenters. The van der Waals surface area contributed by atoms with Gasteiger partial charge < -0.3 is 25.0 Å². The van der Waals surface area contributed by atoms with Gasteiger partial charge >= 0.3 is 11.8 Å². The minimum absolute atomic E-state index is 0.0514. The summed E-state index contributed by atoms with van der Waals surface area (Å²) in [6.45, 7) is 2.18. The van der Waals surface area contributed by atoms with Gasteiger partial charge in [0.25, 0.3) is 11.5 Å². The van der Waals surface area contributed by atoms with Crippen LogP contribution >= 0.6 is 0 Å². The zero-order valence-corrected chi connectivity index (χ0v) is 20.6. The van der Waals surface area contributed by atoms with Gasteiger partial charge in [0.1, 0.15) is 18.0 Å². The highest BCUT2D eigenvalue weighted by molar-refractivity contribution is 6.34. The lowest BCUT2D eigenvalue weighted by Crippen LogP contribution is -2.45. The first kappa shape index (κ1) is 26.6. The first-order chi connectivity index (χ1) is 16.6. The topological polar surface area (TPSA) is 134 Å². The van der Waals surface area contributed by atoms with Crippen LogP contribution in [-0.2, 0) is 14.3 Å². The Balaban J connectivity index is 1.96. The van der Waals surface area contributed by atoms with E-state index in [0.29, 0.717) is 32.1 Å². The number of carbonyl (C=O) groups is 3. The molecule has 2 heterocycles. The second kappa shape index (κ2) is 11.1. The zero-order chi connectivity index (χ0) is 25.9. The third kappa shape index (κ3) is 5.63. The molecule has 35 heavy (non-hydrogen) atoms. The van der Waals surface area contributed by atoms with Gasteiger partial charge in [0.2, 0.25) is 5.75 Å². The lowest BCUT2D eigenvalue weighted by molar-refractivity contribution is -0.151. The molecule has 0 aromatic carbocycles. The molecule has 194 valence electrons. The molecule has 11 nitrogen and oxygen atoms in total. The molecule has 0 saturated heterocycles. The largest absolute Gasteiger partial charge is 0.501 e. The van der Waals surface area contributed by atoms with E-state index in [1.165, 1.54) is 25.7 Å². The van der Waals surface area contributed by atoms with Crippen LogP contribution in [0, 0.1) is 5.92 Å². The number of ether oxygens (including phenoxy) is 1. The Hall–Kier alpha value is -3.02. The van der Waals surface area contributed by atoms with Gasteiger partial charge in [0.05, 0.1) is 19.3 Å². The van der Waals surface area contributed by atoms with Gasteiger partial charge in [0.15, 0.2) is 5.69 Å². The van der Waals surface area contributed by atoms with E-state index in [-0.39, 0.29) is 31.5 Å². The molecular weight excluding hydrogens is 461 g/mol. The number of hydrogen-bond donors (Lipinski definition) is 2. The van der Waals surface area contributed by atoms with E-state index in [2.05, 4.69) is 10.3 Å². The SMILES string of the molecule is CCC1COCC(N(C)C(=O)C(=O)N(C)C)c2nc(C(=O)NCC3CCC(F)CC3)c(O)c(=O)n21. The van der Waals surface area contributed by atoms with Gasteiger partial charge in [-0.25, -0.2) is 9.37 Å². The Morgan fingerprint density at radius 2 is 1.80 bits per heavy atom. The maximum absolute atomic E-state index is 13.4. The highest BCUT2D eigenvalue weighted by Crippen LogP contribution is 2.29. The summed E-state index contributed by atoms with van der Waals surface area (Å²) in [7, 11) is 4.29. The van der Waals surface area contributed by atoms with Gasteiger partial charge in [-0.2, -0.15) is 0 Å². The molecule has 1 saturated carbocycles. The van der Waals surface area contributed by atoms with Crippen LogP contribution in [0.2, 0.25) is 0 Å². The summed E-state index contributed by atoms with van der Waals surface area (Å²) >= 11 is 0. The third-order valence-electron chi connectivity index (χ3n) is 6.76. The van der Waals surface area contributed by atoms with Crippen LogP contribution in [0.15, 0.2) is 4.79 Å². The second-order valence-electron chi connectivity index (χ2n) is 9.40. The Labute approximate surface area is 203 Å². The van der Waals surface area contributed by atoms with Crippen molar-refractivity contribution in [1.82, 2.24) is 24.7 Å². The number of fused-ring (bicyclic) bond motifs is 1. The predicted molar refractivity (Wildman–Crippen MR) is 124 cm³/mol. The van der Waals surface area contributed by atoms with Crippen molar-refractivity contribution in [3.05, 3.63) is 21.9 Å². The van der Waals surface area contributed by atoms with Crippen LogP contribution in [-0.4, -0.2) is 89.3 Å². The molecule has 2 atom stereocenters. The maximum atomic E-state index is 13.4. The van der Waals surface area contributed by atoms with Crippen molar-refractivity contribution >= 4 is 17.7 Å². The smallest absolute Gasteiger partial charge is 0.312 e. The van der Waals surface area contributed by atoms with Gasteiger partial charge in [-0.1, -0.05) is 6.92 Å². The number of rotatable bonds is 5. The number of nitrogens with zero attached hydrogens (tertiary/aromatic N) is 4. The van der Waals surface area contributed by atoms with E-state index in [1.54, 1.807) is 0 Å². The number of aromatic hydroxyl groups is 1. The van der Waals surface area contributed by atoms with Crippen LogP contribution < -0.4 is 10.9 Å². The van der Waals surface area contributed by atoms with Crippen LogP contribution in [0.25, 0.3) is 0 Å². The average Bonchev–Trinajstić information content (AvgIpc) is 3.03. The molecule has 2 aliphatic rings. The molecule has 2 N–H and O–H groups in total. The number of amides is 3. The molecule has 1 fully saturated rings. The first-order valence-corrected chi connectivity index (χ1v) is 11.9. The van der Waals surface area contributed by atoms with Gasteiger partial charge in [-0.15, -0.1) is 0 Å². The Morgan fingerprint density at radius 3 is 2.40 bits per heavy atom. The van der Waals surface area contributed by atoms with E-state index in [9.17, 15) is 28.7 Å². The molecular formula is C23H34FN5O6. The summed E-state index contributed by atoms with van der Waals surface area (Å²) in [6.07, 6.45) is 1.81. The molecule has 0 radical (unpaired) electrons. The van der Waals surface area contributed by atoms with Crippen molar-refractivity contribution in [3.8, 4) is 5.75 Å². The third-order valence-corrected chi connectivity index (χ3v) is 6.76. The average molecular weight is 496 g/mol. The van der Waals surface area contributed by atoms with E-state index >= 15 is 0 Å². The normalized spacial score (nSPS) is 24.1. The summed E-state index contributed by atoms with van der Waals surface area (Å²) in [4.78, 5) is 57.7. The minimum atomic E-state index is -0.942. The van der Waals surface area contributed by atoms with Crippen molar-refractivity contribution in [2.75, 3.05) is 40.9 Å². The van der Waals surface area contributed by atoms with Crippen molar-refractivity contribution < 1.29 is 28.6 Å². The lowest BCUT2D eigenvalue weighted by atomic mass is 9.88. The summed E-state index contributed by atoms with van der Waals surface area (Å²) in [5.41, 5.74) is -1.28. The molecule has 3 rings (SSSR count). The second-order valence-corrected chi connectivity index (χ2v) is 9.40. The predicted octanol–water partition coefficient (Wildman–Crippen LogP) is 0.776. The van der Waals surface area contributed by atoms with E-state index in [0.717, 1.165) is 9.80 Å². The molecule has 1 aromatic rings. The quantitative estimate of drug-likeness (QED) is 0.577. The fraction of sp³-hybridized carbons (Fsp3) is 0.696. The molecule has 1 aliphatic heterocycles. The fourth-order valence-corrected chi connectivity index (χ4v) is 4.47. The van der Waals surface area contributed by atoms with E-state index < -0.39 is 53.0 Å². The summed E-state index contributed by atoms with van der Waals surface area (Å²) in [5.74, 6) is -2.97. The fourth-order valence-electron chi connectivity index (χ4n) is 4.47. The summed E-state index contributed by atoms with van der Waals surface area (Å²) in [5, 5.41) is 13.3. The molecule has 12 heteroatoms.